The summed E-state index contributed by atoms with van der Waals surface area (Å²) in [5.41, 5.74) is 6.78. The second kappa shape index (κ2) is 5.10. The van der Waals surface area contributed by atoms with Crippen LogP contribution >= 0.6 is 11.6 Å². The smallest absolute Gasteiger partial charge is 0.0492 e. The highest BCUT2D eigenvalue weighted by molar-refractivity contribution is 6.31. The molecule has 0 spiro atoms. The molecule has 1 nitrogen and oxygen atoms in total. The SMILES string of the molecule is C=Cc1ccc(Cl)cc1-c1cc(C(=C)C)c(C)n1C. The zero-order valence-electron chi connectivity index (χ0n) is 11.6. The fourth-order valence-corrected chi connectivity index (χ4v) is 2.49. The first kappa shape index (κ1) is 13.7. The van der Waals surface area contributed by atoms with Gasteiger partial charge in [0, 0.05) is 29.0 Å². The predicted octanol–water partition coefficient (Wildman–Crippen LogP) is 5.33. The summed E-state index contributed by atoms with van der Waals surface area (Å²) in [6.07, 6.45) is 1.86. The summed E-state index contributed by atoms with van der Waals surface area (Å²) >= 11 is 6.12. The highest BCUT2D eigenvalue weighted by Gasteiger charge is 2.13. The topological polar surface area (TPSA) is 4.93 Å². The number of hydrogen-bond donors (Lipinski definition) is 0. The lowest BCUT2D eigenvalue weighted by molar-refractivity contribution is 0.888. The lowest BCUT2D eigenvalue weighted by Crippen LogP contribution is -1.96. The van der Waals surface area contributed by atoms with Crippen LogP contribution in [0.2, 0.25) is 5.02 Å². The molecule has 1 heterocycles. The van der Waals surface area contributed by atoms with Crippen LogP contribution in [0, 0.1) is 6.92 Å². The summed E-state index contributed by atoms with van der Waals surface area (Å²) in [5.74, 6) is 0. The molecule has 0 bridgehead atoms. The number of halogens is 1. The molecule has 0 aliphatic carbocycles. The number of nitrogens with zero attached hydrogens (tertiary/aromatic N) is 1. The average Bonchev–Trinajstić information content (AvgIpc) is 2.66. The Bertz CT molecular complexity index is 662. The van der Waals surface area contributed by atoms with Crippen LogP contribution < -0.4 is 0 Å². The monoisotopic (exact) mass is 271 g/mol. The molecule has 0 N–H and O–H groups in total. The van der Waals surface area contributed by atoms with Gasteiger partial charge in [-0.1, -0.05) is 36.9 Å². The zero-order valence-corrected chi connectivity index (χ0v) is 12.4. The van der Waals surface area contributed by atoms with E-state index in [1.165, 1.54) is 11.3 Å². The Morgan fingerprint density at radius 3 is 2.53 bits per heavy atom. The van der Waals surface area contributed by atoms with Gasteiger partial charge < -0.3 is 4.57 Å². The number of rotatable bonds is 3. The van der Waals surface area contributed by atoms with Gasteiger partial charge in [0.2, 0.25) is 0 Å². The van der Waals surface area contributed by atoms with Gasteiger partial charge in [0.05, 0.1) is 0 Å². The van der Waals surface area contributed by atoms with Crippen LogP contribution in [-0.2, 0) is 7.05 Å². The molecule has 98 valence electrons. The van der Waals surface area contributed by atoms with E-state index in [4.69, 9.17) is 11.6 Å². The van der Waals surface area contributed by atoms with Crippen molar-refractivity contribution in [3.63, 3.8) is 0 Å². The molecular weight excluding hydrogens is 254 g/mol. The summed E-state index contributed by atoms with van der Waals surface area (Å²) in [4.78, 5) is 0. The van der Waals surface area contributed by atoms with E-state index < -0.39 is 0 Å². The Balaban J connectivity index is 2.72. The third-order valence-corrected chi connectivity index (χ3v) is 3.74. The Morgan fingerprint density at radius 1 is 1.32 bits per heavy atom. The van der Waals surface area contributed by atoms with Crippen molar-refractivity contribution in [2.75, 3.05) is 0 Å². The van der Waals surface area contributed by atoms with Crippen molar-refractivity contribution in [3.8, 4) is 11.3 Å². The first-order chi connectivity index (χ1) is 8.95. The first-order valence-corrected chi connectivity index (χ1v) is 6.58. The van der Waals surface area contributed by atoms with Crippen LogP contribution in [-0.4, -0.2) is 4.57 Å². The lowest BCUT2D eigenvalue weighted by atomic mass is 10.0. The molecule has 0 fully saturated rings. The van der Waals surface area contributed by atoms with E-state index in [1.54, 1.807) is 0 Å². The maximum Gasteiger partial charge on any atom is 0.0492 e. The highest BCUT2D eigenvalue weighted by atomic mass is 35.5. The molecule has 0 saturated carbocycles. The molecule has 0 amide bonds. The second-order valence-corrected chi connectivity index (χ2v) is 5.24. The zero-order chi connectivity index (χ0) is 14.2. The predicted molar refractivity (Wildman–Crippen MR) is 85.4 cm³/mol. The van der Waals surface area contributed by atoms with E-state index in [1.807, 2.05) is 31.2 Å². The van der Waals surface area contributed by atoms with Crippen LogP contribution in [0.15, 0.2) is 37.4 Å². The number of benzene rings is 1. The molecule has 2 heteroatoms. The Labute approximate surface area is 119 Å². The van der Waals surface area contributed by atoms with Gasteiger partial charge in [0.25, 0.3) is 0 Å². The molecule has 0 saturated heterocycles. The third-order valence-electron chi connectivity index (χ3n) is 3.51. The van der Waals surface area contributed by atoms with Gasteiger partial charge in [0.1, 0.15) is 0 Å². The number of aromatic nitrogens is 1. The molecule has 19 heavy (non-hydrogen) atoms. The molecule has 0 radical (unpaired) electrons. The van der Waals surface area contributed by atoms with Crippen LogP contribution in [0.25, 0.3) is 22.9 Å². The van der Waals surface area contributed by atoms with Crippen LogP contribution in [0.4, 0.5) is 0 Å². The molecule has 0 unspecified atom stereocenters. The van der Waals surface area contributed by atoms with E-state index >= 15 is 0 Å². The van der Waals surface area contributed by atoms with Crippen molar-refractivity contribution >= 4 is 23.3 Å². The van der Waals surface area contributed by atoms with Crippen LogP contribution in [0.1, 0.15) is 23.7 Å². The van der Waals surface area contributed by atoms with Crippen molar-refractivity contribution in [2.45, 2.75) is 13.8 Å². The summed E-state index contributed by atoms with van der Waals surface area (Å²) in [5, 5.41) is 0.733. The summed E-state index contributed by atoms with van der Waals surface area (Å²) in [6, 6.07) is 8.02. The number of hydrogen-bond acceptors (Lipinski definition) is 0. The summed E-state index contributed by atoms with van der Waals surface area (Å²) < 4.78 is 2.17. The minimum absolute atomic E-state index is 0.733. The van der Waals surface area contributed by atoms with E-state index in [-0.39, 0.29) is 0 Å². The second-order valence-electron chi connectivity index (χ2n) is 4.80. The minimum atomic E-state index is 0.733. The van der Waals surface area contributed by atoms with Gasteiger partial charge in [-0.05, 0) is 48.7 Å². The number of allylic oxidation sites excluding steroid dienone is 1. The molecule has 0 atom stereocenters. The molecule has 1 aromatic carbocycles. The Hall–Kier alpha value is -1.73. The average molecular weight is 272 g/mol. The maximum absolute atomic E-state index is 6.12. The van der Waals surface area contributed by atoms with Gasteiger partial charge in [-0.15, -0.1) is 0 Å². The molecule has 2 rings (SSSR count). The Kier molecular flexibility index (Phi) is 3.68. The molecule has 0 aliphatic heterocycles. The largest absolute Gasteiger partial charge is 0.347 e. The van der Waals surface area contributed by atoms with Crippen molar-refractivity contribution in [3.05, 3.63) is 59.3 Å². The van der Waals surface area contributed by atoms with E-state index in [2.05, 4.69) is 37.8 Å². The van der Waals surface area contributed by atoms with Crippen LogP contribution in [0.5, 0.6) is 0 Å². The quantitative estimate of drug-likeness (QED) is 0.711. The van der Waals surface area contributed by atoms with Gasteiger partial charge in [-0.25, -0.2) is 0 Å². The maximum atomic E-state index is 6.12. The molecule has 2 aromatic rings. The highest BCUT2D eigenvalue weighted by Crippen LogP contribution is 2.32. The fraction of sp³-hybridized carbons (Fsp3) is 0.176. The van der Waals surface area contributed by atoms with Crippen molar-refractivity contribution in [2.24, 2.45) is 7.05 Å². The van der Waals surface area contributed by atoms with E-state index in [0.717, 1.165) is 27.4 Å². The van der Waals surface area contributed by atoms with Gasteiger partial charge >= 0.3 is 0 Å². The third kappa shape index (κ3) is 2.39. The van der Waals surface area contributed by atoms with E-state index in [0.29, 0.717) is 0 Å². The van der Waals surface area contributed by atoms with Crippen molar-refractivity contribution in [1.29, 1.82) is 0 Å². The lowest BCUT2D eigenvalue weighted by Gasteiger charge is -2.09. The molecule has 1 aromatic heterocycles. The molecule has 0 aliphatic rings. The summed E-state index contributed by atoms with van der Waals surface area (Å²) in [7, 11) is 2.06. The van der Waals surface area contributed by atoms with Crippen molar-refractivity contribution in [1.82, 2.24) is 4.57 Å². The van der Waals surface area contributed by atoms with Gasteiger partial charge in [-0.3, -0.25) is 0 Å². The van der Waals surface area contributed by atoms with Crippen LogP contribution in [0.3, 0.4) is 0 Å². The normalized spacial score (nSPS) is 10.5. The molecular formula is C17H18ClN. The van der Waals surface area contributed by atoms with Gasteiger partial charge in [-0.2, -0.15) is 0 Å². The fourth-order valence-electron chi connectivity index (χ4n) is 2.32. The Morgan fingerprint density at radius 2 is 2.00 bits per heavy atom. The van der Waals surface area contributed by atoms with E-state index in [9.17, 15) is 0 Å². The minimum Gasteiger partial charge on any atom is -0.347 e. The summed E-state index contributed by atoms with van der Waals surface area (Å²) in [6.45, 7) is 12.0. The first-order valence-electron chi connectivity index (χ1n) is 6.20. The van der Waals surface area contributed by atoms with Gasteiger partial charge in [0.15, 0.2) is 0 Å². The standard InChI is InChI=1S/C17H18ClN/c1-6-13-7-8-14(18)9-16(13)17-10-15(11(2)3)12(4)19(17)5/h6-10H,1-2H2,3-5H3. The van der Waals surface area contributed by atoms with Crippen molar-refractivity contribution < 1.29 is 0 Å².